The van der Waals surface area contributed by atoms with Gasteiger partial charge in [0.15, 0.2) is 5.76 Å². The molecule has 18 heavy (non-hydrogen) atoms. The number of nitrogens with zero attached hydrogens (tertiary/aromatic N) is 1. The van der Waals surface area contributed by atoms with E-state index in [-0.39, 0.29) is 5.91 Å². The first-order valence-electron chi connectivity index (χ1n) is 5.56. The van der Waals surface area contributed by atoms with E-state index in [4.69, 9.17) is 9.15 Å². The molecule has 0 spiro atoms. The van der Waals surface area contributed by atoms with Gasteiger partial charge in [-0.15, -0.1) is 11.3 Å². The standard InChI is InChI=1S/C13H15NO3S/c1-14(8-11-4-3-7-18-11)13(15)12-6-5-10(17-12)9-16-2/h3-7H,8-9H2,1-2H3. The van der Waals surface area contributed by atoms with E-state index in [1.807, 2.05) is 17.5 Å². The molecule has 4 nitrogen and oxygen atoms in total. The Hall–Kier alpha value is -1.59. The highest BCUT2D eigenvalue weighted by Crippen LogP contribution is 2.15. The zero-order chi connectivity index (χ0) is 13.0. The van der Waals surface area contributed by atoms with Crippen molar-refractivity contribution in [3.63, 3.8) is 0 Å². The van der Waals surface area contributed by atoms with E-state index in [0.717, 1.165) is 4.88 Å². The average molecular weight is 265 g/mol. The van der Waals surface area contributed by atoms with E-state index in [1.165, 1.54) is 0 Å². The minimum Gasteiger partial charge on any atom is -0.453 e. The summed E-state index contributed by atoms with van der Waals surface area (Å²) in [4.78, 5) is 14.9. The van der Waals surface area contributed by atoms with Gasteiger partial charge in [-0.1, -0.05) is 6.07 Å². The number of rotatable bonds is 5. The molecule has 0 aliphatic rings. The summed E-state index contributed by atoms with van der Waals surface area (Å²) in [6.07, 6.45) is 0. The van der Waals surface area contributed by atoms with Crippen molar-refractivity contribution in [3.05, 3.63) is 46.0 Å². The lowest BCUT2D eigenvalue weighted by Gasteiger charge is -2.14. The molecule has 0 fully saturated rings. The van der Waals surface area contributed by atoms with Gasteiger partial charge in [-0.05, 0) is 23.6 Å². The minimum absolute atomic E-state index is 0.120. The maximum Gasteiger partial charge on any atom is 0.289 e. The van der Waals surface area contributed by atoms with Gasteiger partial charge in [-0.25, -0.2) is 0 Å². The van der Waals surface area contributed by atoms with Crippen LogP contribution in [0.25, 0.3) is 0 Å². The molecule has 2 rings (SSSR count). The normalized spacial score (nSPS) is 10.6. The van der Waals surface area contributed by atoms with Gasteiger partial charge in [-0.3, -0.25) is 4.79 Å². The Balaban J connectivity index is 2.01. The van der Waals surface area contributed by atoms with Gasteiger partial charge in [0.1, 0.15) is 12.4 Å². The van der Waals surface area contributed by atoms with E-state index in [1.54, 1.807) is 42.5 Å². The molecule has 0 aliphatic heterocycles. The second kappa shape index (κ2) is 5.84. The lowest BCUT2D eigenvalue weighted by molar-refractivity contribution is 0.0747. The Bertz CT molecular complexity index is 504. The molecule has 0 bridgehead atoms. The fourth-order valence-electron chi connectivity index (χ4n) is 1.61. The Labute approximate surface area is 110 Å². The number of amides is 1. The second-order valence-corrected chi connectivity index (χ2v) is 4.97. The predicted octanol–water partition coefficient (Wildman–Crippen LogP) is 2.76. The molecule has 0 saturated carbocycles. The molecule has 2 aromatic heterocycles. The van der Waals surface area contributed by atoms with Gasteiger partial charge in [0, 0.05) is 19.0 Å². The molecule has 0 aliphatic carbocycles. The van der Waals surface area contributed by atoms with Crippen molar-refractivity contribution in [2.24, 2.45) is 0 Å². The fourth-order valence-corrected chi connectivity index (χ4v) is 2.37. The number of ether oxygens (including phenoxy) is 1. The van der Waals surface area contributed by atoms with Crippen LogP contribution in [0.15, 0.2) is 34.1 Å². The van der Waals surface area contributed by atoms with Crippen molar-refractivity contribution in [1.29, 1.82) is 0 Å². The molecule has 0 saturated heterocycles. The molecule has 0 N–H and O–H groups in total. The summed E-state index contributed by atoms with van der Waals surface area (Å²) in [5, 5.41) is 2.00. The molecular weight excluding hydrogens is 250 g/mol. The number of hydrogen-bond acceptors (Lipinski definition) is 4. The highest BCUT2D eigenvalue weighted by Gasteiger charge is 2.16. The van der Waals surface area contributed by atoms with Crippen LogP contribution in [0.3, 0.4) is 0 Å². The van der Waals surface area contributed by atoms with E-state index in [2.05, 4.69) is 0 Å². The van der Waals surface area contributed by atoms with Crippen LogP contribution in [-0.2, 0) is 17.9 Å². The second-order valence-electron chi connectivity index (χ2n) is 3.94. The molecule has 0 radical (unpaired) electrons. The summed E-state index contributed by atoms with van der Waals surface area (Å²) in [5.74, 6) is 0.886. The number of carbonyl (C=O) groups excluding carboxylic acids is 1. The van der Waals surface area contributed by atoms with Crippen LogP contribution < -0.4 is 0 Å². The topological polar surface area (TPSA) is 42.7 Å². The van der Waals surface area contributed by atoms with E-state index in [0.29, 0.717) is 24.7 Å². The van der Waals surface area contributed by atoms with Crippen molar-refractivity contribution >= 4 is 17.2 Å². The Morgan fingerprint density at radius 3 is 2.94 bits per heavy atom. The molecule has 1 amide bonds. The summed E-state index contributed by atoms with van der Waals surface area (Å²) in [6.45, 7) is 0.971. The highest BCUT2D eigenvalue weighted by molar-refractivity contribution is 7.09. The van der Waals surface area contributed by atoms with Crippen molar-refractivity contribution in [2.45, 2.75) is 13.2 Å². The molecular formula is C13H15NO3S. The van der Waals surface area contributed by atoms with E-state index < -0.39 is 0 Å². The van der Waals surface area contributed by atoms with Gasteiger partial charge < -0.3 is 14.1 Å². The Morgan fingerprint density at radius 1 is 1.44 bits per heavy atom. The monoisotopic (exact) mass is 265 g/mol. The summed E-state index contributed by atoms with van der Waals surface area (Å²) in [5.41, 5.74) is 0. The average Bonchev–Trinajstić information content (AvgIpc) is 3.00. The van der Waals surface area contributed by atoms with Crippen LogP contribution in [-0.4, -0.2) is 25.0 Å². The smallest absolute Gasteiger partial charge is 0.289 e. The third-order valence-electron chi connectivity index (χ3n) is 2.48. The lowest BCUT2D eigenvalue weighted by Crippen LogP contribution is -2.25. The van der Waals surface area contributed by atoms with Crippen LogP contribution in [0.2, 0.25) is 0 Å². The molecule has 0 atom stereocenters. The Kier molecular flexibility index (Phi) is 4.17. The number of furan rings is 1. The zero-order valence-corrected chi connectivity index (χ0v) is 11.2. The molecule has 96 valence electrons. The third-order valence-corrected chi connectivity index (χ3v) is 3.34. The largest absolute Gasteiger partial charge is 0.453 e. The molecule has 2 heterocycles. The first-order valence-corrected chi connectivity index (χ1v) is 6.44. The van der Waals surface area contributed by atoms with Crippen molar-refractivity contribution in [2.75, 3.05) is 14.2 Å². The van der Waals surface area contributed by atoms with Crippen molar-refractivity contribution in [1.82, 2.24) is 4.90 Å². The van der Waals surface area contributed by atoms with Gasteiger partial charge in [0.25, 0.3) is 5.91 Å². The summed E-state index contributed by atoms with van der Waals surface area (Å²) in [7, 11) is 3.35. The van der Waals surface area contributed by atoms with Crippen molar-refractivity contribution < 1.29 is 13.9 Å². The summed E-state index contributed by atoms with van der Waals surface area (Å²) < 4.78 is 10.4. The van der Waals surface area contributed by atoms with Gasteiger partial charge in [0.05, 0.1) is 6.54 Å². The first kappa shape index (κ1) is 12.9. The van der Waals surface area contributed by atoms with Crippen LogP contribution in [0.5, 0.6) is 0 Å². The van der Waals surface area contributed by atoms with Gasteiger partial charge >= 0.3 is 0 Å². The van der Waals surface area contributed by atoms with Crippen LogP contribution >= 0.6 is 11.3 Å². The van der Waals surface area contributed by atoms with E-state index >= 15 is 0 Å². The lowest BCUT2D eigenvalue weighted by atomic mass is 10.3. The fraction of sp³-hybridized carbons (Fsp3) is 0.308. The van der Waals surface area contributed by atoms with Crippen LogP contribution in [0, 0.1) is 0 Å². The first-order chi connectivity index (χ1) is 8.70. The predicted molar refractivity (Wildman–Crippen MR) is 69.5 cm³/mol. The van der Waals surface area contributed by atoms with Crippen LogP contribution in [0.1, 0.15) is 21.2 Å². The zero-order valence-electron chi connectivity index (χ0n) is 10.4. The molecule has 5 heteroatoms. The van der Waals surface area contributed by atoms with Crippen molar-refractivity contribution in [3.8, 4) is 0 Å². The number of carbonyl (C=O) groups is 1. The minimum atomic E-state index is -0.120. The highest BCUT2D eigenvalue weighted by atomic mass is 32.1. The quantitative estimate of drug-likeness (QED) is 0.835. The summed E-state index contributed by atoms with van der Waals surface area (Å²) in [6, 6.07) is 7.42. The number of methoxy groups -OCH3 is 1. The maximum absolute atomic E-state index is 12.1. The SMILES string of the molecule is COCc1ccc(C(=O)N(C)Cc2cccs2)o1. The number of hydrogen-bond donors (Lipinski definition) is 0. The molecule has 2 aromatic rings. The number of thiophene rings is 1. The molecule has 0 aromatic carbocycles. The van der Waals surface area contributed by atoms with Crippen LogP contribution in [0.4, 0.5) is 0 Å². The van der Waals surface area contributed by atoms with Gasteiger partial charge in [-0.2, -0.15) is 0 Å². The van der Waals surface area contributed by atoms with Gasteiger partial charge in [0.2, 0.25) is 0 Å². The summed E-state index contributed by atoms with van der Waals surface area (Å²) >= 11 is 1.63. The Morgan fingerprint density at radius 2 is 2.28 bits per heavy atom. The van der Waals surface area contributed by atoms with E-state index in [9.17, 15) is 4.79 Å². The maximum atomic E-state index is 12.1. The third kappa shape index (κ3) is 3.00. The molecule has 0 unspecified atom stereocenters.